The van der Waals surface area contributed by atoms with E-state index in [1.165, 1.54) is 9.35 Å². The third-order valence-corrected chi connectivity index (χ3v) is 3.06. The maximum absolute atomic E-state index is 3.43. The van der Waals surface area contributed by atoms with E-state index in [-0.39, 0.29) is 0 Å². The van der Waals surface area contributed by atoms with Gasteiger partial charge in [-0.15, -0.1) is 11.3 Å². The van der Waals surface area contributed by atoms with Crippen LogP contribution in [0.15, 0.2) is 15.2 Å². The summed E-state index contributed by atoms with van der Waals surface area (Å²) in [6.45, 7) is 3.00. The summed E-state index contributed by atoms with van der Waals surface area (Å²) in [5, 5.41) is 8.59. The van der Waals surface area contributed by atoms with Gasteiger partial charge in [0.2, 0.25) is 0 Å². The topological polar surface area (TPSA) is 24.1 Å². The second-order valence-corrected chi connectivity index (χ2v) is 4.83. The van der Waals surface area contributed by atoms with Crippen molar-refractivity contribution >= 4 is 27.3 Å². The summed E-state index contributed by atoms with van der Waals surface area (Å²) >= 11 is 5.16. The first kappa shape index (κ1) is 10.2. The van der Waals surface area contributed by atoms with E-state index in [9.17, 15) is 0 Å². The first-order chi connectivity index (χ1) is 5.83. The van der Waals surface area contributed by atoms with Crippen LogP contribution < -0.4 is 10.6 Å². The number of hydrogen-bond donors (Lipinski definition) is 2. The van der Waals surface area contributed by atoms with Crippen LogP contribution in [0.2, 0.25) is 0 Å². The average Bonchev–Trinajstić information content (AvgIpc) is 2.45. The summed E-state index contributed by atoms with van der Waals surface area (Å²) in [7, 11) is 1.96. The van der Waals surface area contributed by atoms with E-state index in [4.69, 9.17) is 0 Å². The van der Waals surface area contributed by atoms with Crippen LogP contribution in [0.5, 0.6) is 0 Å². The molecule has 0 saturated heterocycles. The van der Waals surface area contributed by atoms with Gasteiger partial charge in [-0.2, -0.15) is 0 Å². The minimum Gasteiger partial charge on any atom is -0.318 e. The van der Waals surface area contributed by atoms with E-state index in [2.05, 4.69) is 38.0 Å². The van der Waals surface area contributed by atoms with Crippen molar-refractivity contribution in [3.05, 3.63) is 20.8 Å². The largest absolute Gasteiger partial charge is 0.318 e. The molecular formula is C8H13BrN2S. The standard InChI is InChI=1S/C8H13BrN2S/c1-10-2-3-11-5-7-4-8(9)12-6-7/h4,6,10-11H,2-3,5H2,1H3. The Balaban J connectivity index is 2.15. The molecule has 0 aromatic carbocycles. The molecule has 1 aromatic heterocycles. The van der Waals surface area contributed by atoms with E-state index in [1.54, 1.807) is 11.3 Å². The average molecular weight is 249 g/mol. The van der Waals surface area contributed by atoms with Crippen LogP contribution in [0.3, 0.4) is 0 Å². The maximum atomic E-state index is 3.43. The zero-order valence-corrected chi connectivity index (χ0v) is 9.46. The summed E-state index contributed by atoms with van der Waals surface area (Å²) in [5.41, 5.74) is 1.35. The highest BCUT2D eigenvalue weighted by atomic mass is 79.9. The molecule has 0 spiro atoms. The number of halogens is 1. The van der Waals surface area contributed by atoms with Crippen LogP contribution in [0.4, 0.5) is 0 Å². The van der Waals surface area contributed by atoms with Gasteiger partial charge in [-0.25, -0.2) is 0 Å². The van der Waals surface area contributed by atoms with Gasteiger partial charge in [-0.05, 0) is 40.0 Å². The molecule has 0 bridgehead atoms. The zero-order chi connectivity index (χ0) is 8.81. The van der Waals surface area contributed by atoms with Crippen LogP contribution in [-0.2, 0) is 6.54 Å². The lowest BCUT2D eigenvalue weighted by Crippen LogP contribution is -2.24. The van der Waals surface area contributed by atoms with Gasteiger partial charge in [0.1, 0.15) is 0 Å². The molecule has 0 aliphatic rings. The Morgan fingerprint density at radius 3 is 2.92 bits per heavy atom. The molecule has 0 saturated carbocycles. The fourth-order valence-corrected chi connectivity index (χ4v) is 2.09. The molecule has 2 N–H and O–H groups in total. The van der Waals surface area contributed by atoms with Crippen molar-refractivity contribution in [2.24, 2.45) is 0 Å². The predicted octanol–water partition coefficient (Wildman–Crippen LogP) is 1.82. The Labute approximate surface area is 85.5 Å². The molecule has 1 heterocycles. The molecule has 0 aliphatic heterocycles. The second kappa shape index (κ2) is 5.70. The van der Waals surface area contributed by atoms with Gasteiger partial charge in [0.25, 0.3) is 0 Å². The van der Waals surface area contributed by atoms with Crippen molar-refractivity contribution in [3.8, 4) is 0 Å². The minimum atomic E-state index is 0.962. The van der Waals surface area contributed by atoms with Crippen molar-refractivity contribution in [1.82, 2.24) is 10.6 Å². The van der Waals surface area contributed by atoms with Crippen molar-refractivity contribution in [2.45, 2.75) is 6.54 Å². The van der Waals surface area contributed by atoms with E-state index >= 15 is 0 Å². The van der Waals surface area contributed by atoms with E-state index in [0.717, 1.165) is 19.6 Å². The number of nitrogens with one attached hydrogen (secondary N) is 2. The van der Waals surface area contributed by atoms with Crippen molar-refractivity contribution in [2.75, 3.05) is 20.1 Å². The minimum absolute atomic E-state index is 0.962. The maximum Gasteiger partial charge on any atom is 0.0701 e. The molecule has 0 atom stereocenters. The van der Waals surface area contributed by atoms with Gasteiger partial charge in [0.05, 0.1) is 3.79 Å². The number of rotatable bonds is 5. The Morgan fingerprint density at radius 2 is 2.33 bits per heavy atom. The van der Waals surface area contributed by atoms with E-state index in [1.807, 2.05) is 7.05 Å². The van der Waals surface area contributed by atoms with Crippen molar-refractivity contribution in [1.29, 1.82) is 0 Å². The van der Waals surface area contributed by atoms with Crippen LogP contribution in [-0.4, -0.2) is 20.1 Å². The summed E-state index contributed by atoms with van der Waals surface area (Å²) in [6.07, 6.45) is 0. The van der Waals surface area contributed by atoms with Crippen molar-refractivity contribution in [3.63, 3.8) is 0 Å². The number of thiophene rings is 1. The lowest BCUT2D eigenvalue weighted by atomic mass is 10.3. The highest BCUT2D eigenvalue weighted by Crippen LogP contribution is 2.20. The molecule has 12 heavy (non-hydrogen) atoms. The smallest absolute Gasteiger partial charge is 0.0701 e. The van der Waals surface area contributed by atoms with Gasteiger partial charge in [0.15, 0.2) is 0 Å². The molecule has 0 aliphatic carbocycles. The molecule has 0 fully saturated rings. The highest BCUT2D eigenvalue weighted by Gasteiger charge is 1.95. The molecular weight excluding hydrogens is 236 g/mol. The first-order valence-corrected chi connectivity index (χ1v) is 5.58. The second-order valence-electron chi connectivity index (χ2n) is 2.54. The van der Waals surface area contributed by atoms with Gasteiger partial charge >= 0.3 is 0 Å². The van der Waals surface area contributed by atoms with Crippen LogP contribution in [0, 0.1) is 0 Å². The summed E-state index contributed by atoms with van der Waals surface area (Å²) in [5.74, 6) is 0. The third-order valence-electron chi connectivity index (χ3n) is 1.50. The molecule has 0 amide bonds. The molecule has 4 heteroatoms. The Hall–Kier alpha value is 0.100. The molecule has 0 unspecified atom stereocenters. The first-order valence-electron chi connectivity index (χ1n) is 3.91. The zero-order valence-electron chi connectivity index (χ0n) is 7.06. The Morgan fingerprint density at radius 1 is 1.50 bits per heavy atom. The van der Waals surface area contributed by atoms with Gasteiger partial charge in [0, 0.05) is 19.6 Å². The monoisotopic (exact) mass is 248 g/mol. The lowest BCUT2D eigenvalue weighted by Gasteiger charge is -2.01. The quantitative estimate of drug-likeness (QED) is 0.778. The fourth-order valence-electron chi connectivity index (χ4n) is 0.885. The third kappa shape index (κ3) is 3.67. The lowest BCUT2D eigenvalue weighted by molar-refractivity contribution is 0.651. The van der Waals surface area contributed by atoms with Crippen molar-refractivity contribution < 1.29 is 0 Å². The normalized spacial score (nSPS) is 10.5. The molecule has 0 radical (unpaired) electrons. The van der Waals surface area contributed by atoms with Crippen LogP contribution in [0.1, 0.15) is 5.56 Å². The SMILES string of the molecule is CNCCNCc1csc(Br)c1. The van der Waals surface area contributed by atoms with Crippen LogP contribution in [0.25, 0.3) is 0 Å². The number of likely N-dealkylation sites (N-methyl/N-ethyl adjacent to an activating group) is 1. The summed E-state index contributed by atoms with van der Waals surface area (Å²) in [4.78, 5) is 0. The number of hydrogen-bond acceptors (Lipinski definition) is 3. The predicted molar refractivity (Wildman–Crippen MR) is 57.7 cm³/mol. The van der Waals surface area contributed by atoms with E-state index < -0.39 is 0 Å². The Bertz CT molecular complexity index is 225. The fraction of sp³-hybridized carbons (Fsp3) is 0.500. The molecule has 1 rings (SSSR count). The molecule has 2 nitrogen and oxygen atoms in total. The molecule has 68 valence electrons. The summed E-state index contributed by atoms with van der Waals surface area (Å²) < 4.78 is 1.20. The van der Waals surface area contributed by atoms with Gasteiger partial charge < -0.3 is 10.6 Å². The van der Waals surface area contributed by atoms with Gasteiger partial charge in [-0.1, -0.05) is 0 Å². The molecule has 1 aromatic rings. The van der Waals surface area contributed by atoms with Crippen LogP contribution >= 0.6 is 27.3 Å². The van der Waals surface area contributed by atoms with E-state index in [0.29, 0.717) is 0 Å². The highest BCUT2D eigenvalue weighted by molar-refractivity contribution is 9.11. The van der Waals surface area contributed by atoms with Gasteiger partial charge in [-0.3, -0.25) is 0 Å². The summed E-state index contributed by atoms with van der Waals surface area (Å²) in [6, 6.07) is 2.15. The Kier molecular flexibility index (Phi) is 4.83.